The van der Waals surface area contributed by atoms with Crippen LogP contribution < -0.4 is 0 Å². The van der Waals surface area contributed by atoms with Crippen molar-refractivity contribution in [3.05, 3.63) is 34.9 Å². The van der Waals surface area contributed by atoms with Crippen LogP contribution in [0.1, 0.15) is 24.4 Å². The van der Waals surface area contributed by atoms with Crippen LogP contribution in [0.2, 0.25) is 5.02 Å². The van der Waals surface area contributed by atoms with Crippen molar-refractivity contribution in [2.45, 2.75) is 24.9 Å². The topological polar surface area (TPSA) is 64.0 Å². The number of aliphatic carboxylic acids is 1. The number of nitrogens with zero attached hydrogens (tertiary/aromatic N) is 2. The number of carbonyl (C=O) groups is 1. The quantitative estimate of drug-likeness (QED) is 0.829. The lowest BCUT2D eigenvalue weighted by molar-refractivity contribution is -0.145. The average Bonchev–Trinajstić information content (AvgIpc) is 3.36. The number of piperazine rings is 1. The number of aliphatic hydroxyl groups excluding tert-OH is 1. The first-order valence-corrected chi connectivity index (χ1v) is 8.55. The monoisotopic (exact) mass is 338 g/mol. The van der Waals surface area contributed by atoms with E-state index in [2.05, 4.69) is 9.80 Å². The van der Waals surface area contributed by atoms with Gasteiger partial charge in [-0.3, -0.25) is 14.6 Å². The number of carboxylic acid groups (broad SMARTS) is 1. The van der Waals surface area contributed by atoms with E-state index in [9.17, 15) is 15.0 Å². The largest absolute Gasteiger partial charge is 0.480 e. The van der Waals surface area contributed by atoms with Crippen molar-refractivity contribution in [1.29, 1.82) is 0 Å². The van der Waals surface area contributed by atoms with Gasteiger partial charge in [-0.25, -0.2) is 0 Å². The Morgan fingerprint density at radius 1 is 1.13 bits per heavy atom. The van der Waals surface area contributed by atoms with Gasteiger partial charge in [0.2, 0.25) is 0 Å². The fraction of sp³-hybridized carbons (Fsp3) is 0.588. The molecule has 2 fully saturated rings. The average molecular weight is 339 g/mol. The lowest BCUT2D eigenvalue weighted by Gasteiger charge is -2.41. The SMILES string of the molecule is O=C(O)C(C1CC1)N1CCN(C(CO)c2ccc(Cl)cc2)CC1. The summed E-state index contributed by atoms with van der Waals surface area (Å²) in [5, 5.41) is 19.9. The molecular weight excluding hydrogens is 316 g/mol. The molecule has 3 rings (SSSR count). The van der Waals surface area contributed by atoms with Gasteiger partial charge >= 0.3 is 5.97 Å². The Balaban J connectivity index is 1.62. The van der Waals surface area contributed by atoms with Crippen LogP contribution in [-0.2, 0) is 4.79 Å². The number of hydrogen-bond acceptors (Lipinski definition) is 4. The third-order valence-corrected chi connectivity index (χ3v) is 5.18. The molecule has 1 saturated carbocycles. The number of aliphatic hydroxyl groups is 1. The zero-order valence-corrected chi connectivity index (χ0v) is 13.8. The third-order valence-electron chi connectivity index (χ3n) is 4.93. The smallest absolute Gasteiger partial charge is 0.321 e. The number of rotatable bonds is 6. The van der Waals surface area contributed by atoms with Gasteiger partial charge in [0.15, 0.2) is 0 Å². The van der Waals surface area contributed by atoms with Crippen LogP contribution in [0.15, 0.2) is 24.3 Å². The number of benzene rings is 1. The molecule has 0 radical (unpaired) electrons. The summed E-state index contributed by atoms with van der Waals surface area (Å²) in [6.07, 6.45) is 2.06. The van der Waals surface area contributed by atoms with Gasteiger partial charge in [0.05, 0.1) is 12.6 Å². The van der Waals surface area contributed by atoms with E-state index >= 15 is 0 Å². The zero-order valence-electron chi connectivity index (χ0n) is 13.1. The van der Waals surface area contributed by atoms with Crippen LogP contribution in [0.25, 0.3) is 0 Å². The summed E-state index contributed by atoms with van der Waals surface area (Å²) in [7, 11) is 0. The predicted molar refractivity (Wildman–Crippen MR) is 88.6 cm³/mol. The van der Waals surface area contributed by atoms with E-state index in [4.69, 9.17) is 11.6 Å². The van der Waals surface area contributed by atoms with Crippen LogP contribution in [0.3, 0.4) is 0 Å². The molecule has 0 amide bonds. The Hall–Kier alpha value is -1.14. The van der Waals surface area contributed by atoms with Crippen LogP contribution in [0.4, 0.5) is 0 Å². The zero-order chi connectivity index (χ0) is 16.4. The molecule has 0 spiro atoms. The summed E-state index contributed by atoms with van der Waals surface area (Å²) < 4.78 is 0. The standard InChI is InChI=1S/C17H23ClN2O3/c18-14-5-3-12(4-6-14)15(11-21)19-7-9-20(10-8-19)16(17(22)23)13-1-2-13/h3-6,13,15-16,21H,1-2,7-11H2,(H,22,23). The van der Waals surface area contributed by atoms with Crippen molar-refractivity contribution < 1.29 is 15.0 Å². The Morgan fingerprint density at radius 3 is 2.17 bits per heavy atom. The number of halogens is 1. The molecule has 2 N–H and O–H groups in total. The Labute approximate surface area is 141 Å². The molecule has 2 aliphatic rings. The second-order valence-electron chi connectivity index (χ2n) is 6.44. The van der Waals surface area contributed by atoms with Crippen molar-refractivity contribution in [2.75, 3.05) is 32.8 Å². The van der Waals surface area contributed by atoms with Gasteiger partial charge in [-0.05, 0) is 36.5 Å². The van der Waals surface area contributed by atoms with Crippen molar-refractivity contribution >= 4 is 17.6 Å². The maximum atomic E-state index is 11.5. The molecule has 1 aliphatic heterocycles. The second-order valence-corrected chi connectivity index (χ2v) is 6.88. The normalized spacial score (nSPS) is 22.7. The lowest BCUT2D eigenvalue weighted by Crippen LogP contribution is -2.54. The van der Waals surface area contributed by atoms with Gasteiger partial charge in [0, 0.05) is 31.2 Å². The maximum Gasteiger partial charge on any atom is 0.321 e. The summed E-state index contributed by atoms with van der Waals surface area (Å²) in [6.45, 7) is 3.05. The first kappa shape index (κ1) is 16.7. The molecule has 1 saturated heterocycles. The van der Waals surface area contributed by atoms with Gasteiger partial charge in [0.1, 0.15) is 6.04 Å². The molecule has 5 nitrogen and oxygen atoms in total. The van der Waals surface area contributed by atoms with E-state index in [-0.39, 0.29) is 18.7 Å². The Morgan fingerprint density at radius 2 is 1.70 bits per heavy atom. The molecule has 1 aromatic carbocycles. The van der Waals surface area contributed by atoms with Crippen molar-refractivity contribution in [3.63, 3.8) is 0 Å². The number of hydrogen-bond donors (Lipinski definition) is 2. The third kappa shape index (κ3) is 3.86. The van der Waals surface area contributed by atoms with Crippen LogP contribution in [0.5, 0.6) is 0 Å². The molecule has 0 bridgehead atoms. The van der Waals surface area contributed by atoms with E-state index in [0.717, 1.165) is 44.6 Å². The molecule has 23 heavy (non-hydrogen) atoms. The van der Waals surface area contributed by atoms with Crippen molar-refractivity contribution in [3.8, 4) is 0 Å². The second kappa shape index (κ2) is 7.18. The minimum Gasteiger partial charge on any atom is -0.480 e. The van der Waals surface area contributed by atoms with Crippen LogP contribution in [-0.4, -0.2) is 64.8 Å². The van der Waals surface area contributed by atoms with Gasteiger partial charge in [-0.2, -0.15) is 0 Å². The van der Waals surface area contributed by atoms with Gasteiger partial charge in [-0.15, -0.1) is 0 Å². The molecular formula is C17H23ClN2O3. The predicted octanol–water partition coefficient (Wildman–Crippen LogP) is 1.85. The van der Waals surface area contributed by atoms with E-state index in [1.54, 1.807) is 0 Å². The highest BCUT2D eigenvalue weighted by atomic mass is 35.5. The van der Waals surface area contributed by atoms with E-state index in [1.165, 1.54) is 0 Å². The van der Waals surface area contributed by atoms with Crippen LogP contribution >= 0.6 is 11.6 Å². The van der Waals surface area contributed by atoms with E-state index in [0.29, 0.717) is 10.9 Å². The Kier molecular flexibility index (Phi) is 5.21. The minimum absolute atomic E-state index is 0.0482. The molecule has 6 heteroatoms. The summed E-state index contributed by atoms with van der Waals surface area (Å²) in [5.41, 5.74) is 1.04. The fourth-order valence-electron chi connectivity index (χ4n) is 3.51. The van der Waals surface area contributed by atoms with Gasteiger partial charge in [0.25, 0.3) is 0 Å². The molecule has 1 aromatic rings. The molecule has 2 atom stereocenters. The molecule has 1 heterocycles. The van der Waals surface area contributed by atoms with Gasteiger partial charge in [-0.1, -0.05) is 23.7 Å². The molecule has 126 valence electrons. The van der Waals surface area contributed by atoms with Crippen molar-refractivity contribution in [2.24, 2.45) is 5.92 Å². The first-order valence-electron chi connectivity index (χ1n) is 8.17. The highest BCUT2D eigenvalue weighted by Gasteiger charge is 2.41. The van der Waals surface area contributed by atoms with Crippen molar-refractivity contribution in [1.82, 2.24) is 9.80 Å². The first-order chi connectivity index (χ1) is 11.1. The highest BCUT2D eigenvalue weighted by Crippen LogP contribution is 2.36. The maximum absolute atomic E-state index is 11.5. The lowest BCUT2D eigenvalue weighted by atomic mass is 10.0. The number of carboxylic acids is 1. The van der Waals surface area contributed by atoms with Crippen LogP contribution in [0, 0.1) is 5.92 Å². The molecule has 2 unspecified atom stereocenters. The Bertz CT molecular complexity index is 539. The highest BCUT2D eigenvalue weighted by molar-refractivity contribution is 6.30. The van der Waals surface area contributed by atoms with E-state index in [1.807, 2.05) is 24.3 Å². The fourth-order valence-corrected chi connectivity index (χ4v) is 3.64. The molecule has 0 aromatic heterocycles. The summed E-state index contributed by atoms with van der Waals surface area (Å²) >= 11 is 5.93. The summed E-state index contributed by atoms with van der Waals surface area (Å²) in [5.74, 6) is -0.374. The minimum atomic E-state index is -0.697. The van der Waals surface area contributed by atoms with Gasteiger partial charge < -0.3 is 10.2 Å². The van der Waals surface area contributed by atoms with E-state index < -0.39 is 5.97 Å². The summed E-state index contributed by atoms with van der Waals surface area (Å²) in [6, 6.07) is 7.17. The molecule has 1 aliphatic carbocycles. The summed E-state index contributed by atoms with van der Waals surface area (Å²) in [4.78, 5) is 15.8.